The molecule has 3 aromatic carbocycles. The number of carbonyl (C=O) groups excluding carboxylic acids is 4. The Balaban J connectivity index is 1.70. The van der Waals surface area contributed by atoms with E-state index in [2.05, 4.69) is 16.0 Å². The zero-order valence-electron chi connectivity index (χ0n) is 17.7. The van der Waals surface area contributed by atoms with Crippen LogP contribution in [0.1, 0.15) is 33.2 Å². The Bertz CT molecular complexity index is 1270. The zero-order valence-corrected chi connectivity index (χ0v) is 17.7. The van der Waals surface area contributed by atoms with Gasteiger partial charge in [-0.15, -0.1) is 0 Å². The van der Waals surface area contributed by atoms with E-state index >= 15 is 0 Å². The van der Waals surface area contributed by atoms with Crippen LogP contribution < -0.4 is 16.0 Å². The van der Waals surface area contributed by atoms with Crippen LogP contribution in [-0.4, -0.2) is 23.5 Å². The first kappa shape index (κ1) is 24.2. The summed E-state index contributed by atoms with van der Waals surface area (Å²) in [5.74, 6) is -6.43. The van der Waals surface area contributed by atoms with E-state index in [0.29, 0.717) is 12.1 Å². The van der Waals surface area contributed by atoms with Crippen molar-refractivity contribution in [3.63, 3.8) is 0 Å². The van der Waals surface area contributed by atoms with Crippen LogP contribution in [-0.2, 0) is 16.1 Å². The van der Waals surface area contributed by atoms with E-state index in [9.17, 15) is 32.3 Å². The van der Waals surface area contributed by atoms with Crippen LogP contribution in [0.25, 0.3) is 0 Å². The predicted octanol–water partition coefficient (Wildman–Crippen LogP) is 3.81. The molecule has 0 atom stereocenters. The molecule has 0 aliphatic carbocycles. The van der Waals surface area contributed by atoms with Crippen molar-refractivity contribution < 1.29 is 32.3 Å². The monoisotopic (exact) mass is 469 g/mol. The number of nitrogens with one attached hydrogen (secondary N) is 3. The first-order valence-electron chi connectivity index (χ1n) is 9.89. The van der Waals surface area contributed by atoms with Gasteiger partial charge in [0.25, 0.3) is 17.6 Å². The van der Waals surface area contributed by atoms with Crippen LogP contribution in [0.3, 0.4) is 0 Å². The summed E-state index contributed by atoms with van der Waals surface area (Å²) >= 11 is 0. The summed E-state index contributed by atoms with van der Waals surface area (Å²) in [5, 5.41) is 7.15. The van der Waals surface area contributed by atoms with Crippen molar-refractivity contribution in [2.45, 2.75) is 13.5 Å². The molecule has 3 rings (SSSR count). The third-order valence-corrected chi connectivity index (χ3v) is 4.60. The molecule has 0 unspecified atom stereocenters. The number of Topliss-reactive ketones (excluding diaryl/α,β-unsaturated/α-hetero) is 1. The molecule has 0 saturated carbocycles. The Labute approximate surface area is 192 Å². The number of hydrogen-bond acceptors (Lipinski definition) is 4. The molecule has 10 heteroatoms. The Kier molecular flexibility index (Phi) is 7.42. The summed E-state index contributed by atoms with van der Waals surface area (Å²) in [5.41, 5.74) is -0.215. The molecule has 174 valence electrons. The van der Waals surface area contributed by atoms with Gasteiger partial charge in [-0.25, -0.2) is 13.2 Å². The lowest BCUT2D eigenvalue weighted by Crippen LogP contribution is -2.26. The Morgan fingerprint density at radius 3 is 2.18 bits per heavy atom. The molecule has 0 saturated heterocycles. The number of ketones is 1. The summed E-state index contributed by atoms with van der Waals surface area (Å²) < 4.78 is 40.5. The van der Waals surface area contributed by atoms with Crippen LogP contribution in [0.5, 0.6) is 0 Å². The molecule has 0 bridgehead atoms. The average Bonchev–Trinajstić information content (AvgIpc) is 2.78. The molecule has 0 radical (unpaired) electrons. The van der Waals surface area contributed by atoms with E-state index in [4.69, 9.17) is 0 Å². The first-order valence-corrected chi connectivity index (χ1v) is 9.89. The average molecular weight is 469 g/mol. The molecule has 0 aromatic heterocycles. The predicted molar refractivity (Wildman–Crippen MR) is 118 cm³/mol. The van der Waals surface area contributed by atoms with Gasteiger partial charge in [0.1, 0.15) is 17.5 Å². The van der Waals surface area contributed by atoms with Crippen molar-refractivity contribution >= 4 is 34.9 Å². The molecule has 0 heterocycles. The summed E-state index contributed by atoms with van der Waals surface area (Å²) in [4.78, 5) is 48.8. The molecule has 3 aromatic rings. The Morgan fingerprint density at radius 2 is 1.50 bits per heavy atom. The summed E-state index contributed by atoms with van der Waals surface area (Å²) in [7, 11) is 0. The second-order valence-electron chi connectivity index (χ2n) is 7.12. The van der Waals surface area contributed by atoms with Gasteiger partial charge >= 0.3 is 0 Å². The Morgan fingerprint density at radius 1 is 0.824 bits per heavy atom. The third-order valence-electron chi connectivity index (χ3n) is 4.60. The second-order valence-corrected chi connectivity index (χ2v) is 7.12. The minimum Gasteiger partial charge on any atom is -0.348 e. The Hall–Kier alpha value is -4.47. The highest BCUT2D eigenvalue weighted by atomic mass is 19.1. The lowest BCUT2D eigenvalue weighted by molar-refractivity contribution is -0.114. The standard InChI is InChI=1S/C24H18F3N3O4/c1-13(31)29-21-8-3-2-7-17(21)22(32)24(34)30-16-6-4-5-14(9-16)23(33)28-12-18-19(26)10-15(25)11-20(18)27/h2-11H,12H2,1H3,(H,28,33)(H,29,31)(H,30,34). The van der Waals surface area contributed by atoms with Crippen molar-refractivity contribution in [1.82, 2.24) is 5.32 Å². The number of para-hydroxylation sites is 1. The van der Waals surface area contributed by atoms with E-state index in [1.807, 2.05) is 0 Å². The highest BCUT2D eigenvalue weighted by Gasteiger charge is 2.20. The topological polar surface area (TPSA) is 104 Å². The maximum atomic E-state index is 13.8. The van der Waals surface area contributed by atoms with Crippen LogP contribution in [0.4, 0.5) is 24.5 Å². The van der Waals surface area contributed by atoms with Crippen LogP contribution in [0.2, 0.25) is 0 Å². The second kappa shape index (κ2) is 10.4. The van der Waals surface area contributed by atoms with Gasteiger partial charge in [0.15, 0.2) is 0 Å². The van der Waals surface area contributed by atoms with Gasteiger partial charge in [0, 0.05) is 42.4 Å². The highest BCUT2D eigenvalue weighted by Crippen LogP contribution is 2.18. The van der Waals surface area contributed by atoms with Gasteiger partial charge in [0.05, 0.1) is 11.3 Å². The van der Waals surface area contributed by atoms with Crippen LogP contribution in [0.15, 0.2) is 60.7 Å². The minimum atomic E-state index is -1.14. The molecular formula is C24H18F3N3O4. The fraction of sp³-hybridized carbons (Fsp3) is 0.0833. The van der Waals surface area contributed by atoms with Crippen molar-refractivity contribution in [3.05, 3.63) is 94.8 Å². The smallest absolute Gasteiger partial charge is 0.296 e. The summed E-state index contributed by atoms with van der Waals surface area (Å²) in [6.45, 7) is 0.725. The van der Waals surface area contributed by atoms with Crippen molar-refractivity contribution in [3.8, 4) is 0 Å². The largest absolute Gasteiger partial charge is 0.348 e. The number of hydrogen-bond donors (Lipinski definition) is 3. The minimum absolute atomic E-state index is 0.0209. The van der Waals surface area contributed by atoms with Crippen LogP contribution >= 0.6 is 0 Å². The number of carbonyl (C=O) groups is 4. The van der Waals surface area contributed by atoms with E-state index < -0.39 is 53.1 Å². The van der Waals surface area contributed by atoms with Gasteiger partial charge in [-0.1, -0.05) is 18.2 Å². The number of halogens is 3. The van der Waals surface area contributed by atoms with Gasteiger partial charge in [-0.2, -0.15) is 0 Å². The first-order chi connectivity index (χ1) is 16.2. The van der Waals surface area contributed by atoms with Gasteiger partial charge < -0.3 is 16.0 Å². The van der Waals surface area contributed by atoms with Gasteiger partial charge in [-0.3, -0.25) is 19.2 Å². The lowest BCUT2D eigenvalue weighted by Gasteiger charge is -2.11. The van der Waals surface area contributed by atoms with Gasteiger partial charge in [0.2, 0.25) is 5.91 Å². The molecule has 34 heavy (non-hydrogen) atoms. The van der Waals surface area contributed by atoms with E-state index in [1.165, 1.54) is 49.4 Å². The third kappa shape index (κ3) is 5.85. The maximum absolute atomic E-state index is 13.8. The number of amides is 3. The van der Waals surface area contributed by atoms with Crippen molar-refractivity contribution in [1.29, 1.82) is 0 Å². The summed E-state index contributed by atoms with van der Waals surface area (Å²) in [6, 6.07) is 12.5. The molecule has 7 nitrogen and oxygen atoms in total. The van der Waals surface area contributed by atoms with Crippen molar-refractivity contribution in [2.75, 3.05) is 10.6 Å². The number of rotatable bonds is 7. The number of anilines is 2. The zero-order chi connectivity index (χ0) is 24.8. The molecular weight excluding hydrogens is 451 g/mol. The molecule has 0 aliphatic rings. The maximum Gasteiger partial charge on any atom is 0.296 e. The van der Waals surface area contributed by atoms with E-state index in [1.54, 1.807) is 6.07 Å². The fourth-order valence-corrected chi connectivity index (χ4v) is 3.04. The lowest BCUT2D eigenvalue weighted by atomic mass is 10.1. The molecule has 0 spiro atoms. The van der Waals surface area contributed by atoms with E-state index in [-0.39, 0.29) is 22.5 Å². The number of benzene rings is 3. The molecule has 0 fully saturated rings. The molecule has 3 N–H and O–H groups in total. The molecule has 0 aliphatic heterocycles. The summed E-state index contributed by atoms with van der Waals surface area (Å²) in [6.07, 6.45) is 0. The van der Waals surface area contributed by atoms with Crippen LogP contribution in [0, 0.1) is 17.5 Å². The quantitative estimate of drug-likeness (QED) is 0.362. The SMILES string of the molecule is CC(=O)Nc1ccccc1C(=O)C(=O)Nc1cccc(C(=O)NCc2c(F)cc(F)cc2F)c1. The highest BCUT2D eigenvalue weighted by molar-refractivity contribution is 6.47. The normalized spacial score (nSPS) is 10.4. The van der Waals surface area contributed by atoms with Gasteiger partial charge in [-0.05, 0) is 30.3 Å². The molecule has 3 amide bonds. The fourth-order valence-electron chi connectivity index (χ4n) is 3.04. The van der Waals surface area contributed by atoms with Crippen molar-refractivity contribution in [2.24, 2.45) is 0 Å². The van der Waals surface area contributed by atoms with E-state index in [0.717, 1.165) is 0 Å².